The molecule has 0 fully saturated rings. The van der Waals surface area contributed by atoms with Gasteiger partial charge >= 0.3 is 0 Å². The number of rotatable bonds is 6. The second-order valence-corrected chi connectivity index (χ2v) is 7.43. The lowest BCUT2D eigenvalue weighted by atomic mass is 10.0. The van der Waals surface area contributed by atoms with E-state index in [1.54, 1.807) is 17.4 Å². The summed E-state index contributed by atoms with van der Waals surface area (Å²) in [4.78, 5) is 19.9. The van der Waals surface area contributed by atoms with Gasteiger partial charge in [-0.15, -0.1) is 0 Å². The third-order valence-corrected chi connectivity index (χ3v) is 5.49. The molecule has 1 amide bonds. The zero-order chi connectivity index (χ0) is 21.1. The molecule has 1 aromatic carbocycles. The number of hydrogen-bond acceptors (Lipinski definition) is 3. The van der Waals surface area contributed by atoms with Crippen LogP contribution in [0.5, 0.6) is 0 Å². The molecule has 0 aliphatic carbocycles. The van der Waals surface area contributed by atoms with E-state index in [4.69, 9.17) is 4.42 Å². The number of carbonyl (C=O) groups is 1. The van der Waals surface area contributed by atoms with Gasteiger partial charge in [-0.1, -0.05) is 36.4 Å². The molecule has 3 heterocycles. The molecule has 1 unspecified atom stereocenters. The van der Waals surface area contributed by atoms with Gasteiger partial charge in [0.15, 0.2) is 0 Å². The minimum Gasteiger partial charge on any atom is -0.467 e. The summed E-state index contributed by atoms with van der Waals surface area (Å²) in [6.07, 6.45) is 3.43. The molecule has 0 aliphatic heterocycles. The van der Waals surface area contributed by atoms with Gasteiger partial charge in [-0.05, 0) is 49.7 Å². The number of benzene rings is 1. The van der Waals surface area contributed by atoms with Crippen LogP contribution in [0.15, 0.2) is 83.6 Å². The number of nitrogens with zero attached hydrogens (tertiary/aromatic N) is 3. The van der Waals surface area contributed by atoms with Crippen molar-refractivity contribution < 1.29 is 9.21 Å². The normalized spacial score (nSPS) is 12.0. The Bertz CT molecular complexity index is 1080. The van der Waals surface area contributed by atoms with Crippen molar-refractivity contribution in [2.24, 2.45) is 0 Å². The molecule has 3 aromatic heterocycles. The number of aryl methyl sites for hydroxylation is 1. The number of carbonyl (C=O) groups excluding carboxylic acids is 1. The smallest absolute Gasteiger partial charge is 0.256 e. The minimum absolute atomic E-state index is 0.0340. The number of furan rings is 1. The lowest BCUT2D eigenvalue weighted by Crippen LogP contribution is -2.32. The number of amides is 1. The number of pyridine rings is 1. The first-order chi connectivity index (χ1) is 14.6. The van der Waals surface area contributed by atoms with Crippen molar-refractivity contribution in [3.63, 3.8) is 0 Å². The van der Waals surface area contributed by atoms with Crippen molar-refractivity contribution in [1.29, 1.82) is 0 Å². The Morgan fingerprint density at radius 3 is 2.50 bits per heavy atom. The summed E-state index contributed by atoms with van der Waals surface area (Å²) in [7, 11) is 1.84. The summed E-state index contributed by atoms with van der Waals surface area (Å²) in [6, 6.07) is 21.3. The molecule has 30 heavy (non-hydrogen) atoms. The van der Waals surface area contributed by atoms with Gasteiger partial charge in [0.2, 0.25) is 0 Å². The third kappa shape index (κ3) is 3.79. The van der Waals surface area contributed by atoms with E-state index in [-0.39, 0.29) is 11.9 Å². The van der Waals surface area contributed by atoms with Crippen LogP contribution in [-0.4, -0.2) is 27.4 Å². The number of hydrogen-bond donors (Lipinski definition) is 0. The van der Waals surface area contributed by atoms with Crippen molar-refractivity contribution >= 4 is 5.91 Å². The molecule has 5 nitrogen and oxygen atoms in total. The maximum atomic E-state index is 13.6. The van der Waals surface area contributed by atoms with E-state index in [9.17, 15) is 4.79 Å². The predicted octanol–water partition coefficient (Wildman–Crippen LogP) is 5.00. The Hall–Kier alpha value is -3.60. The molecule has 0 radical (unpaired) electrons. The molecule has 1 atom stereocenters. The van der Waals surface area contributed by atoms with Crippen molar-refractivity contribution in [3.05, 3.63) is 113 Å². The summed E-state index contributed by atoms with van der Waals surface area (Å²) in [5.41, 5.74) is 4.50. The summed E-state index contributed by atoms with van der Waals surface area (Å²) in [6.45, 7) is 4.60. The minimum atomic E-state index is -0.270. The highest BCUT2D eigenvalue weighted by atomic mass is 16.3. The molecule has 4 aromatic rings. The molecule has 0 saturated heterocycles. The monoisotopic (exact) mass is 399 g/mol. The second-order valence-electron chi connectivity index (χ2n) is 7.43. The molecule has 0 N–H and O–H groups in total. The van der Waals surface area contributed by atoms with Crippen molar-refractivity contribution in [1.82, 2.24) is 14.5 Å². The summed E-state index contributed by atoms with van der Waals surface area (Å²) in [5.74, 6) is 0.827. The van der Waals surface area contributed by atoms with Crippen molar-refractivity contribution in [2.45, 2.75) is 26.4 Å². The van der Waals surface area contributed by atoms with E-state index in [1.165, 1.54) is 0 Å². The van der Waals surface area contributed by atoms with Gasteiger partial charge in [-0.25, -0.2) is 0 Å². The fourth-order valence-electron chi connectivity index (χ4n) is 3.89. The highest BCUT2D eigenvalue weighted by Crippen LogP contribution is 2.29. The maximum absolute atomic E-state index is 13.6. The van der Waals surface area contributed by atoms with Crippen LogP contribution in [-0.2, 0) is 6.54 Å². The number of aromatic nitrogens is 2. The largest absolute Gasteiger partial charge is 0.467 e. The molecular formula is C25H25N3O2. The van der Waals surface area contributed by atoms with Crippen LogP contribution in [0.25, 0.3) is 0 Å². The zero-order valence-electron chi connectivity index (χ0n) is 17.4. The Morgan fingerprint density at radius 1 is 1.07 bits per heavy atom. The third-order valence-electron chi connectivity index (χ3n) is 5.49. The van der Waals surface area contributed by atoms with Crippen LogP contribution in [0, 0.1) is 13.8 Å². The Morgan fingerprint density at radius 2 is 1.83 bits per heavy atom. The summed E-state index contributed by atoms with van der Waals surface area (Å²) in [5, 5.41) is 0. The zero-order valence-corrected chi connectivity index (χ0v) is 17.4. The van der Waals surface area contributed by atoms with E-state index in [2.05, 4.69) is 9.55 Å². The molecule has 0 saturated carbocycles. The maximum Gasteiger partial charge on any atom is 0.256 e. The Labute approximate surface area is 176 Å². The van der Waals surface area contributed by atoms with Crippen molar-refractivity contribution in [3.8, 4) is 0 Å². The summed E-state index contributed by atoms with van der Waals surface area (Å²) < 4.78 is 7.60. The Balaban J connectivity index is 1.69. The molecule has 5 heteroatoms. The van der Waals surface area contributed by atoms with Crippen LogP contribution < -0.4 is 0 Å². The quantitative estimate of drug-likeness (QED) is 0.458. The van der Waals surface area contributed by atoms with Gasteiger partial charge < -0.3 is 13.9 Å². The molecule has 152 valence electrons. The van der Waals surface area contributed by atoms with E-state index in [0.717, 1.165) is 28.4 Å². The molecular weight excluding hydrogens is 374 g/mol. The highest BCUT2D eigenvalue weighted by molar-refractivity contribution is 5.96. The average molecular weight is 399 g/mol. The van der Waals surface area contributed by atoms with E-state index >= 15 is 0 Å². The SMILES string of the molecule is Cc1cc(C(=O)N(C)C(c2ccccc2)c2ccccn2)c(C)n1Cc1ccco1. The van der Waals surface area contributed by atoms with Gasteiger partial charge in [0.25, 0.3) is 5.91 Å². The molecule has 0 spiro atoms. The first kappa shape index (κ1) is 19.7. The Kier molecular flexibility index (Phi) is 5.53. The topological polar surface area (TPSA) is 51.3 Å². The first-order valence-electron chi connectivity index (χ1n) is 9.98. The van der Waals surface area contributed by atoms with Gasteiger partial charge in [0.1, 0.15) is 5.76 Å². The molecule has 0 aliphatic rings. The van der Waals surface area contributed by atoms with Crippen LogP contribution in [0.3, 0.4) is 0 Å². The highest BCUT2D eigenvalue weighted by Gasteiger charge is 2.27. The fraction of sp³-hybridized carbons (Fsp3) is 0.200. The fourth-order valence-corrected chi connectivity index (χ4v) is 3.89. The average Bonchev–Trinajstić information content (AvgIpc) is 3.39. The van der Waals surface area contributed by atoms with E-state index in [1.807, 2.05) is 87.6 Å². The predicted molar refractivity (Wildman–Crippen MR) is 116 cm³/mol. The van der Waals surface area contributed by atoms with E-state index in [0.29, 0.717) is 12.1 Å². The van der Waals surface area contributed by atoms with Crippen LogP contribution in [0.4, 0.5) is 0 Å². The second kappa shape index (κ2) is 8.41. The van der Waals surface area contributed by atoms with Gasteiger partial charge in [-0.2, -0.15) is 0 Å². The summed E-state index contributed by atoms with van der Waals surface area (Å²) >= 11 is 0. The molecule has 4 rings (SSSR count). The lowest BCUT2D eigenvalue weighted by molar-refractivity contribution is 0.0751. The standard InChI is InChI=1S/C25H25N3O2/c1-18-16-22(19(2)28(18)17-21-12-9-15-30-21)25(29)27(3)24(20-10-5-4-6-11-20)23-13-7-8-14-26-23/h4-16,24H,17H2,1-3H3. The van der Waals surface area contributed by atoms with Crippen molar-refractivity contribution in [2.75, 3.05) is 7.05 Å². The van der Waals surface area contributed by atoms with Crippen LogP contribution in [0.1, 0.15) is 44.8 Å². The van der Waals surface area contributed by atoms with E-state index < -0.39 is 0 Å². The van der Waals surface area contributed by atoms with Crippen LogP contribution >= 0.6 is 0 Å². The first-order valence-corrected chi connectivity index (χ1v) is 9.98. The lowest BCUT2D eigenvalue weighted by Gasteiger charge is -2.28. The van der Waals surface area contributed by atoms with Gasteiger partial charge in [0, 0.05) is 24.6 Å². The molecule has 0 bridgehead atoms. The van der Waals surface area contributed by atoms with Gasteiger partial charge in [-0.3, -0.25) is 9.78 Å². The van der Waals surface area contributed by atoms with Crippen LogP contribution in [0.2, 0.25) is 0 Å². The van der Waals surface area contributed by atoms with Gasteiger partial charge in [0.05, 0.1) is 30.1 Å².